The fourth-order valence-corrected chi connectivity index (χ4v) is 3.93. The van der Waals surface area contributed by atoms with Crippen molar-refractivity contribution >= 4 is 0 Å². The highest BCUT2D eigenvalue weighted by atomic mass is 15.3. The average molecular weight is 194 g/mol. The Bertz CT molecular complexity index is 216. The summed E-state index contributed by atoms with van der Waals surface area (Å²) in [5.41, 5.74) is 0. The van der Waals surface area contributed by atoms with Gasteiger partial charge in [-0.2, -0.15) is 0 Å². The van der Waals surface area contributed by atoms with Crippen LogP contribution in [0.15, 0.2) is 0 Å². The van der Waals surface area contributed by atoms with Crippen molar-refractivity contribution in [3.63, 3.8) is 0 Å². The van der Waals surface area contributed by atoms with Gasteiger partial charge in [-0.05, 0) is 51.7 Å². The number of hydrogen-bond donors (Lipinski definition) is 0. The minimum atomic E-state index is 0.955. The van der Waals surface area contributed by atoms with Gasteiger partial charge in [0.1, 0.15) is 0 Å². The number of hydrogen-bond acceptors (Lipinski definition) is 2. The average Bonchev–Trinajstić information content (AvgIpc) is 2.54. The lowest BCUT2D eigenvalue weighted by Gasteiger charge is -2.38. The lowest BCUT2D eigenvalue weighted by atomic mass is 9.92. The van der Waals surface area contributed by atoms with Crippen LogP contribution in [0.3, 0.4) is 0 Å². The second-order valence-corrected chi connectivity index (χ2v) is 5.50. The van der Waals surface area contributed by atoms with Crippen LogP contribution in [0, 0.1) is 5.92 Å². The summed E-state index contributed by atoms with van der Waals surface area (Å²) in [6.45, 7) is 4.08. The summed E-state index contributed by atoms with van der Waals surface area (Å²) in [7, 11) is 2.29. The molecule has 3 aliphatic heterocycles. The molecule has 0 aromatic carbocycles. The fraction of sp³-hybridized carbons (Fsp3) is 1.00. The molecule has 14 heavy (non-hydrogen) atoms. The van der Waals surface area contributed by atoms with Crippen molar-refractivity contribution < 1.29 is 0 Å². The van der Waals surface area contributed by atoms with Crippen molar-refractivity contribution in [2.75, 3.05) is 26.7 Å². The maximum Gasteiger partial charge on any atom is 0.0151 e. The van der Waals surface area contributed by atoms with E-state index in [0.717, 1.165) is 18.0 Å². The number of fused-ring (bicyclic) bond motifs is 3. The Morgan fingerprint density at radius 1 is 1.07 bits per heavy atom. The molecule has 3 fully saturated rings. The van der Waals surface area contributed by atoms with E-state index in [1.54, 1.807) is 0 Å². The monoisotopic (exact) mass is 194 g/mol. The summed E-state index contributed by atoms with van der Waals surface area (Å²) in [5.74, 6) is 0.997. The normalized spacial score (nSPS) is 44.8. The summed E-state index contributed by atoms with van der Waals surface area (Å²) < 4.78 is 0. The molecule has 0 spiro atoms. The van der Waals surface area contributed by atoms with Gasteiger partial charge >= 0.3 is 0 Å². The van der Waals surface area contributed by atoms with Crippen LogP contribution < -0.4 is 0 Å². The highest BCUT2D eigenvalue weighted by Crippen LogP contribution is 2.39. The molecule has 0 saturated carbocycles. The van der Waals surface area contributed by atoms with Crippen LogP contribution in [0.4, 0.5) is 0 Å². The van der Waals surface area contributed by atoms with Crippen molar-refractivity contribution in [2.45, 2.75) is 44.2 Å². The first-order valence-electron chi connectivity index (χ1n) is 6.29. The largest absolute Gasteiger partial charge is 0.306 e. The van der Waals surface area contributed by atoms with E-state index < -0.39 is 0 Å². The van der Waals surface area contributed by atoms with Crippen LogP contribution in [0.1, 0.15) is 32.1 Å². The van der Waals surface area contributed by atoms with Crippen LogP contribution in [0.5, 0.6) is 0 Å². The van der Waals surface area contributed by atoms with E-state index in [9.17, 15) is 0 Å². The Morgan fingerprint density at radius 2 is 2.00 bits per heavy atom. The third-order valence-corrected chi connectivity index (χ3v) is 4.57. The SMILES string of the molecule is CN1CCC2C(CC3CCCCN32)C1. The van der Waals surface area contributed by atoms with Gasteiger partial charge in [0.05, 0.1) is 0 Å². The topological polar surface area (TPSA) is 6.48 Å². The van der Waals surface area contributed by atoms with Crippen molar-refractivity contribution in [1.29, 1.82) is 0 Å². The molecule has 3 heterocycles. The first-order valence-corrected chi connectivity index (χ1v) is 6.29. The number of nitrogens with zero attached hydrogens (tertiary/aromatic N) is 2. The molecule has 3 atom stereocenters. The Morgan fingerprint density at radius 3 is 2.93 bits per heavy atom. The first kappa shape index (κ1) is 9.17. The molecule has 2 heteroatoms. The second kappa shape index (κ2) is 3.49. The van der Waals surface area contributed by atoms with Gasteiger partial charge in [-0.15, -0.1) is 0 Å². The Kier molecular flexibility index (Phi) is 2.29. The molecule has 3 rings (SSSR count). The second-order valence-electron chi connectivity index (χ2n) is 5.50. The molecule has 2 nitrogen and oxygen atoms in total. The van der Waals surface area contributed by atoms with Gasteiger partial charge in [0, 0.05) is 18.6 Å². The molecule has 0 radical (unpaired) electrons. The lowest BCUT2D eigenvalue weighted by Crippen LogP contribution is -2.46. The Hall–Kier alpha value is -0.0800. The van der Waals surface area contributed by atoms with Gasteiger partial charge in [0.15, 0.2) is 0 Å². The summed E-state index contributed by atoms with van der Waals surface area (Å²) in [4.78, 5) is 5.38. The van der Waals surface area contributed by atoms with E-state index in [0.29, 0.717) is 0 Å². The van der Waals surface area contributed by atoms with Crippen molar-refractivity contribution in [2.24, 2.45) is 5.92 Å². The molecule has 0 N–H and O–H groups in total. The quantitative estimate of drug-likeness (QED) is 0.577. The van der Waals surface area contributed by atoms with Gasteiger partial charge in [-0.3, -0.25) is 4.90 Å². The van der Waals surface area contributed by atoms with Crippen molar-refractivity contribution in [3.05, 3.63) is 0 Å². The van der Waals surface area contributed by atoms with Gasteiger partial charge < -0.3 is 4.90 Å². The highest BCUT2D eigenvalue weighted by Gasteiger charge is 2.43. The molecule has 80 valence electrons. The minimum Gasteiger partial charge on any atom is -0.306 e. The van der Waals surface area contributed by atoms with E-state index in [4.69, 9.17) is 0 Å². The van der Waals surface area contributed by atoms with Gasteiger partial charge in [0.2, 0.25) is 0 Å². The van der Waals surface area contributed by atoms with E-state index in [1.807, 2.05) is 0 Å². The van der Waals surface area contributed by atoms with Crippen molar-refractivity contribution in [1.82, 2.24) is 9.80 Å². The smallest absolute Gasteiger partial charge is 0.0151 e. The summed E-state index contributed by atoms with van der Waals surface area (Å²) in [6.07, 6.45) is 7.34. The molecule has 0 amide bonds. The fourth-order valence-electron chi connectivity index (χ4n) is 3.93. The third-order valence-electron chi connectivity index (χ3n) is 4.57. The number of likely N-dealkylation sites (tertiary alicyclic amines) is 1. The predicted octanol–water partition coefficient (Wildman–Crippen LogP) is 1.56. The molecular formula is C12H22N2. The Balaban J connectivity index is 1.74. The van der Waals surface area contributed by atoms with Crippen LogP contribution in [-0.4, -0.2) is 48.6 Å². The number of rotatable bonds is 0. The third kappa shape index (κ3) is 1.40. The zero-order valence-electron chi connectivity index (χ0n) is 9.28. The van der Waals surface area contributed by atoms with Gasteiger partial charge in [0.25, 0.3) is 0 Å². The van der Waals surface area contributed by atoms with Gasteiger partial charge in [-0.1, -0.05) is 6.42 Å². The maximum atomic E-state index is 2.85. The molecule has 3 unspecified atom stereocenters. The van der Waals surface area contributed by atoms with Crippen LogP contribution in [-0.2, 0) is 0 Å². The molecule has 0 aromatic heterocycles. The van der Waals surface area contributed by atoms with Crippen LogP contribution >= 0.6 is 0 Å². The molecule has 0 bridgehead atoms. The van der Waals surface area contributed by atoms with E-state index in [2.05, 4.69) is 16.8 Å². The lowest BCUT2D eigenvalue weighted by molar-refractivity contribution is 0.0965. The van der Waals surface area contributed by atoms with E-state index in [1.165, 1.54) is 51.7 Å². The summed E-state index contributed by atoms with van der Waals surface area (Å²) >= 11 is 0. The molecule has 3 saturated heterocycles. The zero-order chi connectivity index (χ0) is 9.54. The molecule has 0 aliphatic carbocycles. The molecule has 3 aliphatic rings. The first-order chi connectivity index (χ1) is 6.84. The Labute approximate surface area is 87.3 Å². The van der Waals surface area contributed by atoms with Gasteiger partial charge in [-0.25, -0.2) is 0 Å². The van der Waals surface area contributed by atoms with Crippen molar-refractivity contribution in [3.8, 4) is 0 Å². The molecule has 0 aromatic rings. The standard InChI is InChI=1S/C12H22N2/c1-13-7-5-12-10(9-13)8-11-4-2-3-6-14(11)12/h10-12H,2-9H2,1H3. The minimum absolute atomic E-state index is 0.955. The van der Waals surface area contributed by atoms with E-state index >= 15 is 0 Å². The molecular weight excluding hydrogens is 172 g/mol. The van der Waals surface area contributed by atoms with Crippen LogP contribution in [0.25, 0.3) is 0 Å². The summed E-state index contributed by atoms with van der Waals surface area (Å²) in [5, 5.41) is 0. The maximum absolute atomic E-state index is 2.85. The predicted molar refractivity (Wildman–Crippen MR) is 58.4 cm³/mol. The van der Waals surface area contributed by atoms with Crippen LogP contribution in [0.2, 0.25) is 0 Å². The zero-order valence-corrected chi connectivity index (χ0v) is 9.28. The number of piperidine rings is 2. The van der Waals surface area contributed by atoms with E-state index in [-0.39, 0.29) is 0 Å². The summed E-state index contributed by atoms with van der Waals surface area (Å²) in [6, 6.07) is 1.92. The highest BCUT2D eigenvalue weighted by molar-refractivity contribution is 4.98.